The fraction of sp³-hybridized carbons (Fsp3) is 0.500. The molecule has 1 aliphatic carbocycles. The minimum atomic E-state index is -0.625. The van der Waals surface area contributed by atoms with E-state index in [9.17, 15) is 19.2 Å². The normalized spacial score (nSPS) is 23.5. The van der Waals surface area contributed by atoms with Gasteiger partial charge in [-0.25, -0.2) is 0 Å². The molecule has 11 heteroatoms. The molecule has 4 amide bonds. The summed E-state index contributed by atoms with van der Waals surface area (Å²) in [4.78, 5) is 53.8. The van der Waals surface area contributed by atoms with Crippen molar-refractivity contribution in [2.24, 2.45) is 0 Å². The molecule has 2 aromatic rings. The van der Waals surface area contributed by atoms with Crippen LogP contribution in [-0.4, -0.2) is 84.3 Å². The van der Waals surface area contributed by atoms with Gasteiger partial charge in [0.25, 0.3) is 11.8 Å². The number of hydrogen-bond acceptors (Lipinski definition) is 8. The molecule has 3 fully saturated rings. The lowest BCUT2D eigenvalue weighted by Gasteiger charge is -2.36. The lowest BCUT2D eigenvalue weighted by atomic mass is 9.89. The Morgan fingerprint density at radius 2 is 1.74 bits per heavy atom. The summed E-state index contributed by atoms with van der Waals surface area (Å²) in [7, 11) is 1.55. The van der Waals surface area contributed by atoms with Gasteiger partial charge >= 0.3 is 0 Å². The molecule has 4 aliphatic rings. The van der Waals surface area contributed by atoms with Gasteiger partial charge in [-0.2, -0.15) is 0 Å². The second kappa shape index (κ2) is 14.6. The third-order valence-corrected chi connectivity index (χ3v) is 9.98. The van der Waals surface area contributed by atoms with Crippen molar-refractivity contribution in [3.63, 3.8) is 0 Å². The first kappa shape index (κ1) is 32.5. The van der Waals surface area contributed by atoms with E-state index in [1.165, 1.54) is 0 Å². The molecule has 1 saturated carbocycles. The Morgan fingerprint density at radius 1 is 1.00 bits per heavy atom. The molecule has 248 valence electrons. The third kappa shape index (κ3) is 7.61. The van der Waals surface area contributed by atoms with Crippen LogP contribution in [0.2, 0.25) is 0 Å². The standard InChI is InChI=1S/C36H44N6O5/c1-47-32-21-24(8-13-30(32)37)34(44)39-26-11-9-25(10-12-26)38-27-16-19-41(20-17-27)18-3-2-5-23-6-4-7-28-29(23)22-42(36(28)46)31-14-15-33(43)40-35(31)45/h4,6-8,13,21,25-27,31,38H,3,9-12,14-20,22,37H2,1H3,(H,39,44)(H,40,43,45). The summed E-state index contributed by atoms with van der Waals surface area (Å²) in [6, 6.07) is 11.2. The van der Waals surface area contributed by atoms with Gasteiger partial charge in [0, 0.05) is 60.7 Å². The van der Waals surface area contributed by atoms with Gasteiger partial charge in [0.2, 0.25) is 11.8 Å². The number of piperidine rings is 2. The van der Waals surface area contributed by atoms with Crippen molar-refractivity contribution in [3.05, 3.63) is 58.7 Å². The van der Waals surface area contributed by atoms with Crippen LogP contribution >= 0.6 is 0 Å². The zero-order chi connectivity index (χ0) is 32.9. The number of fused-ring (bicyclic) bond motifs is 1. The average molecular weight is 641 g/mol. The Morgan fingerprint density at radius 3 is 2.49 bits per heavy atom. The van der Waals surface area contributed by atoms with E-state index in [0.29, 0.717) is 47.6 Å². The van der Waals surface area contributed by atoms with Crippen LogP contribution in [0.4, 0.5) is 5.69 Å². The summed E-state index contributed by atoms with van der Waals surface area (Å²) in [6.07, 6.45) is 7.55. The van der Waals surface area contributed by atoms with E-state index in [0.717, 1.165) is 75.7 Å². The SMILES string of the molecule is COc1cc(C(=O)NC2CCC(NC3CCN(CCC#Cc4cccc5c4CN(C4CCC(=O)NC4=O)C5=O)CC3)CC2)ccc1N. The van der Waals surface area contributed by atoms with Crippen LogP contribution in [0, 0.1) is 11.8 Å². The van der Waals surface area contributed by atoms with E-state index in [1.54, 1.807) is 36.3 Å². The molecule has 0 aromatic heterocycles. The van der Waals surface area contributed by atoms with Gasteiger partial charge < -0.3 is 30.9 Å². The van der Waals surface area contributed by atoms with Gasteiger partial charge in [-0.05, 0) is 93.9 Å². The fourth-order valence-corrected chi connectivity index (χ4v) is 7.26. The number of ether oxygens (including phenoxy) is 1. The first-order valence-electron chi connectivity index (χ1n) is 16.8. The maximum absolute atomic E-state index is 13.1. The highest BCUT2D eigenvalue weighted by Gasteiger charge is 2.39. The molecule has 47 heavy (non-hydrogen) atoms. The summed E-state index contributed by atoms with van der Waals surface area (Å²) in [5.74, 6) is 6.15. The second-order valence-electron chi connectivity index (χ2n) is 13.0. The Kier molecular flexibility index (Phi) is 10.1. The Bertz CT molecular complexity index is 1580. The monoisotopic (exact) mass is 640 g/mol. The molecule has 2 aromatic carbocycles. The van der Waals surface area contributed by atoms with E-state index >= 15 is 0 Å². The van der Waals surface area contributed by atoms with Gasteiger partial charge in [0.1, 0.15) is 11.8 Å². The van der Waals surface area contributed by atoms with Crippen molar-refractivity contribution in [1.29, 1.82) is 0 Å². The smallest absolute Gasteiger partial charge is 0.255 e. The Labute approximate surface area is 275 Å². The highest BCUT2D eigenvalue weighted by Crippen LogP contribution is 2.30. The van der Waals surface area contributed by atoms with E-state index in [1.807, 2.05) is 12.1 Å². The van der Waals surface area contributed by atoms with Gasteiger partial charge in [-0.3, -0.25) is 24.5 Å². The maximum Gasteiger partial charge on any atom is 0.255 e. The number of nitrogens with zero attached hydrogens (tertiary/aromatic N) is 2. The van der Waals surface area contributed by atoms with E-state index < -0.39 is 11.9 Å². The van der Waals surface area contributed by atoms with Crippen molar-refractivity contribution in [2.75, 3.05) is 32.5 Å². The number of nitrogens with one attached hydrogen (secondary N) is 3. The van der Waals surface area contributed by atoms with Crippen LogP contribution in [0.3, 0.4) is 0 Å². The van der Waals surface area contributed by atoms with Crippen LogP contribution in [0.1, 0.15) is 89.6 Å². The first-order valence-corrected chi connectivity index (χ1v) is 16.8. The molecule has 1 atom stereocenters. The number of anilines is 1. The number of methoxy groups -OCH3 is 1. The molecule has 1 unspecified atom stereocenters. The molecule has 0 spiro atoms. The molecule has 5 N–H and O–H groups in total. The highest BCUT2D eigenvalue weighted by molar-refractivity contribution is 6.05. The Balaban J connectivity index is 0.905. The summed E-state index contributed by atoms with van der Waals surface area (Å²) in [5, 5.41) is 9.42. The number of likely N-dealkylation sites (tertiary alicyclic amines) is 1. The number of benzene rings is 2. The third-order valence-electron chi connectivity index (χ3n) is 9.98. The highest BCUT2D eigenvalue weighted by atomic mass is 16.5. The molecular weight excluding hydrogens is 596 g/mol. The number of nitrogen functional groups attached to an aromatic ring is 1. The fourth-order valence-electron chi connectivity index (χ4n) is 7.26. The minimum Gasteiger partial charge on any atom is -0.495 e. The van der Waals surface area contributed by atoms with Crippen molar-refractivity contribution in [3.8, 4) is 17.6 Å². The number of nitrogens with two attached hydrogens (primary N) is 1. The molecule has 11 nitrogen and oxygen atoms in total. The minimum absolute atomic E-state index is 0.0871. The zero-order valence-electron chi connectivity index (χ0n) is 27.0. The molecule has 6 rings (SSSR count). The predicted molar refractivity (Wildman–Crippen MR) is 177 cm³/mol. The number of imide groups is 1. The molecule has 3 aliphatic heterocycles. The molecular formula is C36H44N6O5. The molecule has 2 saturated heterocycles. The predicted octanol–water partition coefficient (Wildman–Crippen LogP) is 2.58. The lowest BCUT2D eigenvalue weighted by molar-refractivity contribution is -0.136. The molecule has 3 heterocycles. The van der Waals surface area contributed by atoms with E-state index in [-0.39, 0.29) is 30.2 Å². The topological polar surface area (TPSA) is 146 Å². The van der Waals surface area contributed by atoms with Gasteiger partial charge in [0.05, 0.1) is 12.8 Å². The van der Waals surface area contributed by atoms with Gasteiger partial charge in [-0.15, -0.1) is 0 Å². The molecule has 0 radical (unpaired) electrons. The largest absolute Gasteiger partial charge is 0.495 e. The maximum atomic E-state index is 13.1. The van der Waals surface area contributed by atoms with Crippen molar-refractivity contribution in [1.82, 2.24) is 25.8 Å². The van der Waals surface area contributed by atoms with Crippen LogP contribution in [0.25, 0.3) is 0 Å². The van der Waals surface area contributed by atoms with Crippen LogP contribution in [0.15, 0.2) is 36.4 Å². The second-order valence-corrected chi connectivity index (χ2v) is 13.0. The van der Waals surface area contributed by atoms with Crippen molar-refractivity contribution >= 4 is 29.3 Å². The summed E-state index contributed by atoms with van der Waals surface area (Å²) in [6.45, 7) is 3.31. The van der Waals surface area contributed by atoms with E-state index in [2.05, 4.69) is 32.7 Å². The van der Waals surface area contributed by atoms with Crippen LogP contribution in [-0.2, 0) is 16.1 Å². The summed E-state index contributed by atoms with van der Waals surface area (Å²) in [5.41, 5.74) is 9.24. The summed E-state index contributed by atoms with van der Waals surface area (Å²) >= 11 is 0. The quantitative estimate of drug-likeness (QED) is 0.196. The van der Waals surface area contributed by atoms with Crippen molar-refractivity contribution in [2.45, 2.75) is 88.5 Å². The van der Waals surface area contributed by atoms with Crippen LogP contribution in [0.5, 0.6) is 5.75 Å². The lowest BCUT2D eigenvalue weighted by Crippen LogP contribution is -2.52. The number of rotatable bonds is 8. The van der Waals surface area contributed by atoms with Crippen molar-refractivity contribution < 1.29 is 23.9 Å². The van der Waals surface area contributed by atoms with Crippen LogP contribution < -0.4 is 26.4 Å². The molecule has 0 bridgehead atoms. The van der Waals surface area contributed by atoms with Gasteiger partial charge in [0.15, 0.2) is 0 Å². The first-order chi connectivity index (χ1) is 22.8. The van der Waals surface area contributed by atoms with Gasteiger partial charge in [-0.1, -0.05) is 17.9 Å². The number of carbonyl (C=O) groups excluding carboxylic acids is 4. The number of carbonyl (C=O) groups is 4. The Hall–Kier alpha value is -4.40. The summed E-state index contributed by atoms with van der Waals surface area (Å²) < 4.78 is 5.25. The average Bonchev–Trinajstić information content (AvgIpc) is 3.41. The number of amides is 4. The van der Waals surface area contributed by atoms with E-state index in [4.69, 9.17) is 10.5 Å². The zero-order valence-corrected chi connectivity index (χ0v) is 27.0. The number of hydrogen-bond donors (Lipinski definition) is 4.